The van der Waals surface area contributed by atoms with Gasteiger partial charge in [-0.05, 0) is 6.42 Å². The first-order chi connectivity index (χ1) is 7.61. The van der Waals surface area contributed by atoms with Crippen LogP contribution in [0.1, 0.15) is 65.2 Å². The first kappa shape index (κ1) is 13.4. The summed E-state index contributed by atoms with van der Waals surface area (Å²) in [4.78, 5) is 10.3. The highest BCUT2D eigenvalue weighted by Crippen LogP contribution is 2.39. The summed E-state index contributed by atoms with van der Waals surface area (Å²) in [5.41, 5.74) is -1.07. The van der Waals surface area contributed by atoms with E-state index >= 15 is 0 Å². The van der Waals surface area contributed by atoms with Crippen molar-refractivity contribution in [3.8, 4) is 0 Å². The maximum atomic E-state index is 10.6. The highest BCUT2D eigenvalue weighted by atomic mass is 16.7. The Kier molecular flexibility index (Phi) is 5.19. The summed E-state index contributed by atoms with van der Waals surface area (Å²) in [5, 5.41) is 10.6. The summed E-state index contributed by atoms with van der Waals surface area (Å²) in [6.45, 7) is 3.78. The Labute approximate surface area is 97.5 Å². The molecule has 2 atom stereocenters. The molecule has 0 unspecified atom stereocenters. The zero-order valence-electron chi connectivity index (χ0n) is 10.4. The molecule has 0 saturated carbocycles. The Balaban J connectivity index is 1.92. The molecule has 0 radical (unpaired) electrons. The van der Waals surface area contributed by atoms with Crippen molar-refractivity contribution >= 4 is 0 Å². The van der Waals surface area contributed by atoms with Gasteiger partial charge in [0.15, 0.2) is 6.10 Å². The summed E-state index contributed by atoms with van der Waals surface area (Å²) in [6, 6.07) is 0. The lowest BCUT2D eigenvalue weighted by Gasteiger charge is -2.00. The number of unbranched alkanes of at least 4 members (excludes halogenated alkanes) is 6. The van der Waals surface area contributed by atoms with Crippen molar-refractivity contribution in [2.45, 2.75) is 77.0 Å². The fourth-order valence-corrected chi connectivity index (χ4v) is 2.03. The molecule has 0 amide bonds. The van der Waals surface area contributed by atoms with Crippen LogP contribution in [0, 0.1) is 10.1 Å². The average Bonchev–Trinajstić information content (AvgIpc) is 2.90. The molecule has 1 rings (SSSR count). The topological polar surface area (TPSA) is 55.7 Å². The number of ether oxygens (including phenoxy) is 1. The molecule has 1 aliphatic heterocycles. The highest BCUT2D eigenvalue weighted by molar-refractivity contribution is 4.89. The normalized spacial score (nSPS) is 28.0. The van der Waals surface area contributed by atoms with E-state index in [1.807, 2.05) is 0 Å². The van der Waals surface area contributed by atoms with Gasteiger partial charge >= 0.3 is 5.72 Å². The minimum Gasteiger partial charge on any atom is -0.299 e. The predicted molar refractivity (Wildman–Crippen MR) is 62.9 cm³/mol. The van der Waals surface area contributed by atoms with E-state index in [4.69, 9.17) is 4.74 Å². The van der Waals surface area contributed by atoms with Crippen LogP contribution in [0.5, 0.6) is 0 Å². The van der Waals surface area contributed by atoms with E-state index in [0.717, 1.165) is 12.8 Å². The van der Waals surface area contributed by atoms with Crippen LogP contribution in [0.2, 0.25) is 0 Å². The summed E-state index contributed by atoms with van der Waals surface area (Å²) in [7, 11) is 0. The van der Waals surface area contributed by atoms with Gasteiger partial charge in [-0.15, -0.1) is 0 Å². The van der Waals surface area contributed by atoms with Crippen molar-refractivity contribution in [3.05, 3.63) is 10.1 Å². The summed E-state index contributed by atoms with van der Waals surface area (Å²) >= 11 is 0. The number of rotatable bonds is 9. The minimum absolute atomic E-state index is 0.141. The molecule has 0 aromatic carbocycles. The van der Waals surface area contributed by atoms with Crippen molar-refractivity contribution in [1.29, 1.82) is 0 Å². The van der Waals surface area contributed by atoms with Crippen LogP contribution in [0.25, 0.3) is 0 Å². The molecule has 0 bridgehead atoms. The van der Waals surface area contributed by atoms with E-state index in [9.17, 15) is 10.1 Å². The molecule has 4 nitrogen and oxygen atoms in total. The second-order valence-corrected chi connectivity index (χ2v) is 4.83. The molecule has 1 saturated heterocycles. The molecule has 94 valence electrons. The third-order valence-corrected chi connectivity index (χ3v) is 3.35. The van der Waals surface area contributed by atoms with E-state index < -0.39 is 5.72 Å². The Morgan fingerprint density at radius 1 is 1.19 bits per heavy atom. The van der Waals surface area contributed by atoms with Crippen LogP contribution < -0.4 is 0 Å². The zero-order valence-corrected chi connectivity index (χ0v) is 10.4. The first-order valence-electron chi connectivity index (χ1n) is 6.43. The molecule has 4 heteroatoms. The molecule has 16 heavy (non-hydrogen) atoms. The van der Waals surface area contributed by atoms with E-state index in [2.05, 4.69) is 6.92 Å². The molecule has 0 aromatic heterocycles. The molecular formula is C12H23NO3. The number of epoxide rings is 1. The number of hydrogen-bond donors (Lipinski definition) is 0. The fourth-order valence-electron chi connectivity index (χ4n) is 2.03. The molecule has 0 spiro atoms. The molecule has 0 N–H and O–H groups in total. The number of nitro groups is 1. The number of nitrogens with zero attached hydrogens (tertiary/aromatic N) is 1. The van der Waals surface area contributed by atoms with Crippen LogP contribution in [-0.2, 0) is 4.74 Å². The van der Waals surface area contributed by atoms with E-state index in [0.29, 0.717) is 0 Å². The van der Waals surface area contributed by atoms with Crippen molar-refractivity contribution < 1.29 is 9.66 Å². The van der Waals surface area contributed by atoms with E-state index in [1.54, 1.807) is 6.92 Å². The molecule has 0 aliphatic carbocycles. The van der Waals surface area contributed by atoms with E-state index in [-0.39, 0.29) is 11.0 Å². The van der Waals surface area contributed by atoms with Gasteiger partial charge in [0.2, 0.25) is 0 Å². The van der Waals surface area contributed by atoms with Gasteiger partial charge in [0.25, 0.3) is 0 Å². The van der Waals surface area contributed by atoms with Gasteiger partial charge in [0, 0.05) is 6.92 Å². The molecule has 1 heterocycles. The zero-order chi connectivity index (χ0) is 12.0. The van der Waals surface area contributed by atoms with Gasteiger partial charge in [-0.25, -0.2) is 0 Å². The number of hydrogen-bond acceptors (Lipinski definition) is 3. The summed E-state index contributed by atoms with van der Waals surface area (Å²) in [6.07, 6.45) is 9.40. The van der Waals surface area contributed by atoms with Crippen LogP contribution in [0.3, 0.4) is 0 Å². The largest absolute Gasteiger partial charge is 0.348 e. The lowest BCUT2D eigenvalue weighted by Crippen LogP contribution is -2.21. The Morgan fingerprint density at radius 3 is 2.25 bits per heavy atom. The van der Waals surface area contributed by atoms with Crippen LogP contribution >= 0.6 is 0 Å². The summed E-state index contributed by atoms with van der Waals surface area (Å²) < 4.78 is 5.11. The Bertz CT molecular complexity index is 232. The van der Waals surface area contributed by atoms with Gasteiger partial charge in [0.1, 0.15) is 0 Å². The average molecular weight is 229 g/mol. The summed E-state index contributed by atoms with van der Waals surface area (Å²) in [5.74, 6) is 0. The SMILES string of the molecule is CCCCCCCCC[C@H]1O[C@]1(C)[N+](=O)[O-]. The van der Waals surface area contributed by atoms with Gasteiger partial charge in [-0.3, -0.25) is 14.9 Å². The third-order valence-electron chi connectivity index (χ3n) is 3.35. The Morgan fingerprint density at radius 2 is 1.75 bits per heavy atom. The van der Waals surface area contributed by atoms with Crippen molar-refractivity contribution in [2.75, 3.05) is 0 Å². The maximum Gasteiger partial charge on any atom is 0.348 e. The van der Waals surface area contributed by atoms with Crippen molar-refractivity contribution in [2.24, 2.45) is 0 Å². The second-order valence-electron chi connectivity index (χ2n) is 4.83. The van der Waals surface area contributed by atoms with Gasteiger partial charge in [0.05, 0.1) is 4.92 Å². The van der Waals surface area contributed by atoms with Crippen molar-refractivity contribution in [3.63, 3.8) is 0 Å². The van der Waals surface area contributed by atoms with Gasteiger partial charge < -0.3 is 0 Å². The molecule has 0 aromatic rings. The minimum atomic E-state index is -1.07. The lowest BCUT2D eigenvalue weighted by atomic mass is 10.1. The fraction of sp³-hybridized carbons (Fsp3) is 1.00. The van der Waals surface area contributed by atoms with Crippen LogP contribution in [0.15, 0.2) is 0 Å². The standard InChI is InChI=1S/C12H23NO3/c1-3-4-5-6-7-8-9-10-11-12(2,16-11)13(14)15/h11H,3-10H2,1-2H3/t11-,12+/m1/s1. The monoisotopic (exact) mass is 229 g/mol. The smallest absolute Gasteiger partial charge is 0.299 e. The highest BCUT2D eigenvalue weighted by Gasteiger charge is 2.64. The van der Waals surface area contributed by atoms with Gasteiger partial charge in [-0.1, -0.05) is 51.9 Å². The van der Waals surface area contributed by atoms with Crippen LogP contribution in [0.4, 0.5) is 0 Å². The van der Waals surface area contributed by atoms with E-state index in [1.165, 1.54) is 38.5 Å². The molecular weight excluding hydrogens is 206 g/mol. The Hall–Kier alpha value is -0.640. The van der Waals surface area contributed by atoms with Crippen molar-refractivity contribution in [1.82, 2.24) is 0 Å². The maximum absolute atomic E-state index is 10.6. The molecule has 1 fully saturated rings. The predicted octanol–water partition coefficient (Wildman–Crippen LogP) is 3.52. The second kappa shape index (κ2) is 6.18. The third kappa shape index (κ3) is 3.74. The quantitative estimate of drug-likeness (QED) is 0.263. The van der Waals surface area contributed by atoms with Crippen LogP contribution in [-0.4, -0.2) is 16.8 Å². The molecule has 1 aliphatic rings. The lowest BCUT2D eigenvalue weighted by molar-refractivity contribution is -0.558. The first-order valence-corrected chi connectivity index (χ1v) is 6.43. The van der Waals surface area contributed by atoms with Gasteiger partial charge in [-0.2, -0.15) is 0 Å².